The van der Waals surface area contributed by atoms with Gasteiger partial charge >= 0.3 is 0 Å². The van der Waals surface area contributed by atoms with Gasteiger partial charge in [0.25, 0.3) is 5.91 Å². The molecule has 0 spiro atoms. The van der Waals surface area contributed by atoms with Crippen molar-refractivity contribution in [2.45, 2.75) is 4.90 Å². The molecule has 28 heavy (non-hydrogen) atoms. The Hall–Kier alpha value is -3.77. The van der Waals surface area contributed by atoms with E-state index in [4.69, 9.17) is 11.0 Å². The maximum absolute atomic E-state index is 12.5. The zero-order valence-corrected chi connectivity index (χ0v) is 15.7. The number of aromatic nitrogens is 2. The van der Waals surface area contributed by atoms with Crippen molar-refractivity contribution in [1.29, 1.82) is 5.26 Å². The van der Waals surface area contributed by atoms with Gasteiger partial charge < -0.3 is 11.1 Å². The van der Waals surface area contributed by atoms with Gasteiger partial charge in [-0.1, -0.05) is 30.3 Å². The molecule has 1 atom stereocenters. The lowest BCUT2D eigenvalue weighted by molar-refractivity contribution is 0.102. The van der Waals surface area contributed by atoms with E-state index in [1.807, 2.05) is 6.07 Å². The molecule has 3 N–H and O–H groups in total. The molecule has 0 aliphatic heterocycles. The Morgan fingerprint density at radius 3 is 2.50 bits per heavy atom. The van der Waals surface area contributed by atoms with Crippen LogP contribution in [0.2, 0.25) is 0 Å². The molecule has 0 saturated heterocycles. The number of nitrogens with two attached hydrogens (primary N) is 1. The normalized spacial score (nSPS) is 12.4. The number of hydrogen-bond donors (Lipinski definition) is 2. The van der Waals surface area contributed by atoms with E-state index in [2.05, 4.69) is 19.6 Å². The molecule has 0 bridgehead atoms. The summed E-state index contributed by atoms with van der Waals surface area (Å²) in [6.07, 6.45) is 4.41. The number of carbonyl (C=O) groups is 1. The summed E-state index contributed by atoms with van der Waals surface area (Å²) in [4.78, 5) is 21.3. The van der Waals surface area contributed by atoms with Crippen LogP contribution in [-0.2, 0) is 9.73 Å². The fourth-order valence-electron chi connectivity index (χ4n) is 2.43. The van der Waals surface area contributed by atoms with Crippen molar-refractivity contribution in [2.75, 3.05) is 17.3 Å². The highest BCUT2D eigenvalue weighted by atomic mass is 32.2. The first-order chi connectivity index (χ1) is 13.4. The molecular weight excluding hydrogens is 376 g/mol. The van der Waals surface area contributed by atoms with Gasteiger partial charge in [0.1, 0.15) is 0 Å². The Morgan fingerprint density at radius 2 is 1.86 bits per heavy atom. The van der Waals surface area contributed by atoms with Crippen LogP contribution in [0, 0.1) is 11.5 Å². The quantitative estimate of drug-likeness (QED) is 0.656. The highest BCUT2D eigenvalue weighted by Gasteiger charge is 2.15. The summed E-state index contributed by atoms with van der Waals surface area (Å²) in [5.74, 6) is -0.461. The van der Waals surface area contributed by atoms with Gasteiger partial charge in [0.05, 0.1) is 21.6 Å². The average Bonchev–Trinajstić information content (AvgIpc) is 2.69. The molecule has 0 radical (unpaired) electrons. The molecule has 0 fully saturated rings. The molecule has 140 valence electrons. The summed E-state index contributed by atoms with van der Waals surface area (Å²) in [5.41, 5.74) is 7.52. The number of hydrogen-bond acceptors (Lipinski definition) is 7. The molecule has 1 heterocycles. The zero-order chi connectivity index (χ0) is 20.1. The van der Waals surface area contributed by atoms with Gasteiger partial charge in [-0.15, -0.1) is 4.36 Å². The molecule has 0 unspecified atom stereocenters. The van der Waals surface area contributed by atoms with E-state index < -0.39 is 15.6 Å². The lowest BCUT2D eigenvalue weighted by Crippen LogP contribution is -2.17. The van der Waals surface area contributed by atoms with Crippen LogP contribution < -0.4 is 11.1 Å². The zero-order valence-electron chi connectivity index (χ0n) is 14.9. The van der Waals surface area contributed by atoms with Crippen LogP contribution in [0.3, 0.4) is 0 Å². The minimum atomic E-state index is -2.78. The smallest absolute Gasteiger partial charge is 0.278 e. The van der Waals surface area contributed by atoms with Gasteiger partial charge in [-0.2, -0.15) is 5.26 Å². The van der Waals surface area contributed by atoms with E-state index in [0.29, 0.717) is 21.8 Å². The minimum absolute atomic E-state index is 0.00389. The standard InChI is InChI=1S/C19H16N6O2S/c1-28(27,23-12-20)15-9-7-13(8-10-15)16-11-22-18(21)17(25-16)19(26)24-14-5-3-2-4-6-14/h2-11H,1H3,(H2,21,22)(H,24,26)/t28-/m1/s1. The monoisotopic (exact) mass is 392 g/mol. The summed E-state index contributed by atoms with van der Waals surface area (Å²) in [6, 6.07) is 15.5. The second-order valence-electron chi connectivity index (χ2n) is 5.83. The number of carbonyl (C=O) groups excluding carboxylic acids is 1. The Kier molecular flexibility index (Phi) is 5.33. The van der Waals surface area contributed by atoms with E-state index in [9.17, 15) is 9.00 Å². The molecule has 0 saturated carbocycles. The first-order valence-corrected chi connectivity index (χ1v) is 10.0. The molecule has 1 aromatic heterocycles. The molecule has 2 aromatic carbocycles. The highest BCUT2D eigenvalue weighted by Crippen LogP contribution is 2.22. The topological polar surface area (TPSA) is 134 Å². The third kappa shape index (κ3) is 4.13. The first kappa shape index (κ1) is 19.0. The predicted octanol–water partition coefficient (Wildman–Crippen LogP) is 2.92. The van der Waals surface area contributed by atoms with Gasteiger partial charge in [-0.3, -0.25) is 4.79 Å². The Labute approximate surface area is 162 Å². The molecule has 1 amide bonds. The van der Waals surface area contributed by atoms with E-state index in [1.165, 1.54) is 12.5 Å². The molecule has 3 rings (SSSR count). The van der Waals surface area contributed by atoms with Crippen molar-refractivity contribution < 1.29 is 9.00 Å². The van der Waals surface area contributed by atoms with E-state index in [0.717, 1.165) is 0 Å². The van der Waals surface area contributed by atoms with Gasteiger partial charge in [0.15, 0.2) is 11.5 Å². The van der Waals surface area contributed by atoms with Crippen LogP contribution in [0.1, 0.15) is 10.5 Å². The Morgan fingerprint density at radius 1 is 1.18 bits per heavy atom. The molecule has 0 aliphatic carbocycles. The highest BCUT2D eigenvalue weighted by molar-refractivity contribution is 7.93. The largest absolute Gasteiger partial charge is 0.382 e. The number of nitrogen functional groups attached to an aromatic ring is 1. The number of nitrogens with one attached hydrogen (secondary N) is 1. The van der Waals surface area contributed by atoms with Crippen molar-refractivity contribution in [3.05, 3.63) is 66.5 Å². The Bertz CT molecular complexity index is 1180. The lowest BCUT2D eigenvalue weighted by Gasteiger charge is -2.09. The van der Waals surface area contributed by atoms with Crippen LogP contribution in [0.25, 0.3) is 11.3 Å². The van der Waals surface area contributed by atoms with E-state index in [1.54, 1.807) is 54.7 Å². The molecule has 0 aliphatic rings. The SMILES string of the molecule is C[S@](=O)(=NC#N)c1ccc(-c2cnc(N)c(C(=O)Nc3ccccc3)n2)cc1. The average molecular weight is 392 g/mol. The van der Waals surface area contributed by atoms with E-state index in [-0.39, 0.29) is 11.5 Å². The summed E-state index contributed by atoms with van der Waals surface area (Å²) in [6.45, 7) is 0. The summed E-state index contributed by atoms with van der Waals surface area (Å²) in [7, 11) is -2.78. The van der Waals surface area contributed by atoms with Crippen LogP contribution in [-0.4, -0.2) is 26.3 Å². The van der Waals surface area contributed by atoms with Crippen molar-refractivity contribution in [3.63, 3.8) is 0 Å². The van der Waals surface area contributed by atoms with Gasteiger partial charge in [0, 0.05) is 22.4 Å². The number of amides is 1. The molecule has 8 nitrogen and oxygen atoms in total. The van der Waals surface area contributed by atoms with Crippen molar-refractivity contribution in [2.24, 2.45) is 4.36 Å². The van der Waals surface area contributed by atoms with Crippen LogP contribution in [0.15, 0.2) is 70.1 Å². The number of nitriles is 1. The number of benzene rings is 2. The summed E-state index contributed by atoms with van der Waals surface area (Å²) < 4.78 is 15.8. The van der Waals surface area contributed by atoms with Crippen molar-refractivity contribution in [3.8, 4) is 17.5 Å². The molecular formula is C19H16N6O2S. The first-order valence-electron chi connectivity index (χ1n) is 8.10. The summed E-state index contributed by atoms with van der Waals surface area (Å²) >= 11 is 0. The molecule has 3 aromatic rings. The molecule has 9 heteroatoms. The third-order valence-electron chi connectivity index (χ3n) is 3.85. The van der Waals surface area contributed by atoms with Gasteiger partial charge in [-0.05, 0) is 24.3 Å². The van der Waals surface area contributed by atoms with Gasteiger partial charge in [-0.25, -0.2) is 14.2 Å². The lowest BCUT2D eigenvalue weighted by atomic mass is 10.1. The minimum Gasteiger partial charge on any atom is -0.382 e. The summed E-state index contributed by atoms with van der Waals surface area (Å²) in [5, 5.41) is 11.4. The second-order valence-corrected chi connectivity index (χ2v) is 8.09. The van der Waals surface area contributed by atoms with Crippen LogP contribution >= 0.6 is 0 Å². The predicted molar refractivity (Wildman–Crippen MR) is 107 cm³/mol. The van der Waals surface area contributed by atoms with E-state index >= 15 is 0 Å². The number of anilines is 2. The fraction of sp³-hybridized carbons (Fsp3) is 0.0526. The Balaban J connectivity index is 1.91. The maximum Gasteiger partial charge on any atom is 0.278 e. The van der Waals surface area contributed by atoms with Crippen LogP contribution in [0.4, 0.5) is 11.5 Å². The third-order valence-corrected chi connectivity index (χ3v) is 5.43. The maximum atomic E-state index is 12.5. The van der Waals surface area contributed by atoms with Crippen LogP contribution in [0.5, 0.6) is 0 Å². The number of rotatable bonds is 4. The number of para-hydroxylation sites is 1. The fourth-order valence-corrected chi connectivity index (χ4v) is 3.33. The number of nitrogens with zero attached hydrogens (tertiary/aromatic N) is 4. The van der Waals surface area contributed by atoms with Crippen molar-refractivity contribution >= 4 is 27.1 Å². The van der Waals surface area contributed by atoms with Gasteiger partial charge in [0.2, 0.25) is 6.19 Å². The second kappa shape index (κ2) is 7.85. The van der Waals surface area contributed by atoms with Crippen molar-refractivity contribution in [1.82, 2.24) is 9.97 Å².